The second-order valence-electron chi connectivity index (χ2n) is 11.3. The van der Waals surface area contributed by atoms with Gasteiger partial charge in [0, 0.05) is 52.6 Å². The van der Waals surface area contributed by atoms with Gasteiger partial charge in [-0.25, -0.2) is 9.97 Å². The van der Waals surface area contributed by atoms with Crippen molar-refractivity contribution in [3.05, 3.63) is 82.5 Å². The van der Waals surface area contributed by atoms with Gasteiger partial charge < -0.3 is 20.4 Å². The van der Waals surface area contributed by atoms with Gasteiger partial charge in [-0.2, -0.15) is 0 Å². The first-order valence-electron chi connectivity index (χ1n) is 15.0. The average Bonchev–Trinajstić information content (AvgIpc) is 3.64. The van der Waals surface area contributed by atoms with E-state index in [2.05, 4.69) is 48.4 Å². The quantitative estimate of drug-likeness (QED) is 0.202. The molecule has 2 aliphatic rings. The summed E-state index contributed by atoms with van der Waals surface area (Å²) in [4.78, 5) is 41.3. The van der Waals surface area contributed by atoms with E-state index in [0.29, 0.717) is 31.5 Å². The Morgan fingerprint density at radius 3 is 1.73 bits per heavy atom. The molecule has 226 valence electrons. The number of carbonyl (C=O) groups is 2. The van der Waals surface area contributed by atoms with E-state index in [1.165, 1.54) is 0 Å². The van der Waals surface area contributed by atoms with Gasteiger partial charge >= 0.3 is 5.97 Å². The number of fused-ring (bicyclic) bond motifs is 8. The molecule has 4 N–H and O–H groups in total. The molecule has 3 aromatic rings. The number of aryl methyl sites for hydroxylation is 2. The summed E-state index contributed by atoms with van der Waals surface area (Å²) in [7, 11) is 0. The molecule has 2 aliphatic heterocycles. The Hall–Kier alpha value is -4.98. The highest BCUT2D eigenvalue weighted by atomic mass is 16.4. The molecule has 0 radical (unpaired) electrons. The van der Waals surface area contributed by atoms with Gasteiger partial charge in [-0.05, 0) is 105 Å². The Labute approximate surface area is 257 Å². The number of aliphatic carboxylic acids is 1. The minimum Gasteiger partial charge on any atom is -0.481 e. The summed E-state index contributed by atoms with van der Waals surface area (Å²) in [6.45, 7) is 18.8. The topological polar surface area (TPSA) is 124 Å². The van der Waals surface area contributed by atoms with Gasteiger partial charge in [0.15, 0.2) is 0 Å². The van der Waals surface area contributed by atoms with Crippen LogP contribution >= 0.6 is 0 Å². The third kappa shape index (κ3) is 5.67. The number of aromatic nitrogens is 4. The molecule has 0 spiro atoms. The van der Waals surface area contributed by atoms with Crippen LogP contribution in [0.1, 0.15) is 91.5 Å². The smallest absolute Gasteiger partial charge is 0.303 e. The third-order valence-electron chi connectivity index (χ3n) is 8.61. The maximum absolute atomic E-state index is 12.5. The first-order chi connectivity index (χ1) is 21.1. The van der Waals surface area contributed by atoms with Crippen molar-refractivity contribution in [3.8, 4) is 0 Å². The van der Waals surface area contributed by atoms with Gasteiger partial charge in [-0.1, -0.05) is 25.3 Å². The molecule has 44 heavy (non-hydrogen) atoms. The lowest BCUT2D eigenvalue weighted by atomic mass is 9.98. The molecule has 0 aromatic carbocycles. The van der Waals surface area contributed by atoms with E-state index in [1.54, 1.807) is 0 Å². The lowest BCUT2D eigenvalue weighted by Gasteiger charge is -2.06. The monoisotopic (exact) mass is 589 g/mol. The highest BCUT2D eigenvalue weighted by Gasteiger charge is 2.22. The summed E-state index contributed by atoms with van der Waals surface area (Å²) in [6.07, 6.45) is 4.88. The number of rotatable bonds is 9. The molecule has 0 aliphatic carbocycles. The molecule has 8 nitrogen and oxygen atoms in total. The molecule has 0 atom stereocenters. The van der Waals surface area contributed by atoms with Crippen molar-refractivity contribution in [2.75, 3.05) is 6.54 Å². The van der Waals surface area contributed by atoms with Gasteiger partial charge in [0.05, 0.1) is 22.8 Å². The van der Waals surface area contributed by atoms with Gasteiger partial charge in [-0.15, -0.1) is 0 Å². The summed E-state index contributed by atoms with van der Waals surface area (Å²) >= 11 is 0. The van der Waals surface area contributed by atoms with Gasteiger partial charge in [-0.3, -0.25) is 9.59 Å². The zero-order valence-electron chi connectivity index (χ0n) is 26.1. The first-order valence-corrected chi connectivity index (χ1v) is 15.0. The summed E-state index contributed by atoms with van der Waals surface area (Å²) in [5.74, 6) is -0.880. The van der Waals surface area contributed by atoms with Crippen LogP contribution in [0.2, 0.25) is 0 Å². The molecule has 0 unspecified atom stereocenters. The molecule has 8 bridgehead atoms. The molecular weight excluding hydrogens is 550 g/mol. The maximum Gasteiger partial charge on any atom is 0.303 e. The van der Waals surface area contributed by atoms with E-state index in [4.69, 9.17) is 9.97 Å². The fourth-order valence-electron chi connectivity index (χ4n) is 6.06. The number of nitrogens with zero attached hydrogens (tertiary/aromatic N) is 2. The number of allylic oxidation sites excluding steroid dienone is 4. The molecule has 8 heteroatoms. The fraction of sp³-hybridized carbons (Fsp3) is 0.278. The van der Waals surface area contributed by atoms with Gasteiger partial charge in [0.1, 0.15) is 0 Å². The van der Waals surface area contributed by atoms with Crippen LogP contribution in [-0.2, 0) is 9.59 Å². The van der Waals surface area contributed by atoms with Crippen LogP contribution < -0.4 is 5.32 Å². The Bertz CT molecular complexity index is 1950. The van der Waals surface area contributed by atoms with Crippen molar-refractivity contribution in [3.63, 3.8) is 0 Å². The van der Waals surface area contributed by atoms with E-state index in [9.17, 15) is 14.7 Å². The molecule has 0 fully saturated rings. The maximum atomic E-state index is 12.5. The van der Waals surface area contributed by atoms with Crippen LogP contribution in [0.4, 0.5) is 0 Å². The Kier molecular flexibility index (Phi) is 8.54. The highest BCUT2D eigenvalue weighted by Crippen LogP contribution is 2.38. The average molecular weight is 590 g/mol. The predicted octanol–water partition coefficient (Wildman–Crippen LogP) is 7.86. The Balaban J connectivity index is 1.88. The molecule has 5 heterocycles. The van der Waals surface area contributed by atoms with E-state index >= 15 is 0 Å². The largest absolute Gasteiger partial charge is 0.481 e. The summed E-state index contributed by atoms with van der Waals surface area (Å²) in [5.41, 5.74) is 14.5. The number of carboxylic acid groups (broad SMARTS) is 1. The number of nitrogens with one attached hydrogen (secondary N) is 3. The lowest BCUT2D eigenvalue weighted by molar-refractivity contribution is -0.136. The second-order valence-corrected chi connectivity index (χ2v) is 11.3. The van der Waals surface area contributed by atoms with E-state index in [-0.39, 0.29) is 12.3 Å². The summed E-state index contributed by atoms with van der Waals surface area (Å²) < 4.78 is 0. The van der Waals surface area contributed by atoms with E-state index in [1.807, 2.05) is 51.1 Å². The molecule has 5 rings (SSSR count). The first kappa shape index (κ1) is 30.5. The Morgan fingerprint density at radius 2 is 1.23 bits per heavy atom. The van der Waals surface area contributed by atoms with Crippen LogP contribution in [0, 0.1) is 13.8 Å². The second kappa shape index (κ2) is 12.3. The van der Waals surface area contributed by atoms with Gasteiger partial charge in [0.25, 0.3) is 0 Å². The zero-order chi connectivity index (χ0) is 31.7. The number of hydrogen-bond donors (Lipinski definition) is 4. The van der Waals surface area contributed by atoms with Crippen LogP contribution in [0.3, 0.4) is 0 Å². The van der Waals surface area contributed by atoms with Crippen molar-refractivity contribution < 1.29 is 14.7 Å². The SMILES string of the molecule is C=Cc1c(C)c2cc3[nH]c(cc4nc(cc5nc(cc1[nH]2)C(C)=C5CCC(=O)NCC)C(CCC(=O)O)=C4C)c(C)c3C=C. The number of amides is 1. The van der Waals surface area contributed by atoms with Crippen molar-refractivity contribution in [1.29, 1.82) is 0 Å². The molecule has 0 saturated carbocycles. The third-order valence-corrected chi connectivity index (χ3v) is 8.61. The number of aromatic amines is 2. The molecule has 1 amide bonds. The normalized spacial score (nSPS) is 12.9. The Morgan fingerprint density at radius 1 is 0.750 bits per heavy atom. The zero-order valence-corrected chi connectivity index (χ0v) is 26.1. The minimum absolute atomic E-state index is 0.0107. The standard InChI is InChI=1S/C36H39N5O3/c1-8-23-19(4)27-15-28-22(7)26(12-14-36(43)44)34(40-28)18-33-25(11-13-35(42)37-10-3)21(6)30(41-33)17-32-24(9-2)20(5)29(39-32)16-31(23)38-27/h8-9,15-18,38-39H,1-2,10-14H2,3-7H3,(H,37,42)(H,43,44). The number of hydrogen-bond acceptors (Lipinski definition) is 4. The van der Waals surface area contributed by atoms with Crippen LogP contribution in [0.25, 0.3) is 56.5 Å². The fourth-order valence-corrected chi connectivity index (χ4v) is 6.06. The van der Waals surface area contributed by atoms with Crippen LogP contribution in [-0.4, -0.2) is 43.5 Å². The summed E-state index contributed by atoms with van der Waals surface area (Å²) in [5, 5.41) is 12.4. The number of carbonyl (C=O) groups excluding carboxylic acids is 1. The lowest BCUT2D eigenvalue weighted by Crippen LogP contribution is -2.22. The van der Waals surface area contributed by atoms with Crippen molar-refractivity contribution in [2.45, 2.75) is 60.3 Å². The minimum atomic E-state index is -0.864. The van der Waals surface area contributed by atoms with Gasteiger partial charge in [0.2, 0.25) is 5.91 Å². The summed E-state index contributed by atoms with van der Waals surface area (Å²) in [6, 6.07) is 8.08. The highest BCUT2D eigenvalue weighted by molar-refractivity contribution is 5.97. The van der Waals surface area contributed by atoms with Crippen molar-refractivity contribution in [1.82, 2.24) is 25.3 Å². The number of carboxylic acids is 1. The van der Waals surface area contributed by atoms with Crippen molar-refractivity contribution in [2.24, 2.45) is 0 Å². The van der Waals surface area contributed by atoms with Crippen LogP contribution in [0.15, 0.2) is 37.4 Å². The van der Waals surface area contributed by atoms with E-state index < -0.39 is 5.97 Å². The molecular formula is C36H39N5O3. The molecule has 3 aromatic heterocycles. The van der Waals surface area contributed by atoms with E-state index in [0.717, 1.165) is 83.7 Å². The van der Waals surface area contributed by atoms with Crippen LogP contribution in [0.5, 0.6) is 0 Å². The van der Waals surface area contributed by atoms with Crippen molar-refractivity contribution >= 4 is 68.4 Å². The predicted molar refractivity (Wildman–Crippen MR) is 180 cm³/mol. The number of H-pyrrole nitrogens is 2. The molecule has 0 saturated heterocycles.